The monoisotopic (exact) mass is 397 g/mol. The second kappa shape index (κ2) is 8.57. The van der Waals surface area contributed by atoms with E-state index in [9.17, 15) is 9.18 Å². The summed E-state index contributed by atoms with van der Waals surface area (Å²) >= 11 is 0. The highest BCUT2D eigenvalue weighted by Crippen LogP contribution is 2.27. The van der Waals surface area contributed by atoms with Gasteiger partial charge in [0.05, 0.1) is 12.2 Å². The summed E-state index contributed by atoms with van der Waals surface area (Å²) < 4.78 is 20.4. The SMILES string of the molecule is C[C@@H](Oc1ccc(F)cc1)C(=O)NCCn1nc([C@H]2CCNC2)c2cccnc21. The molecule has 1 aliphatic rings. The summed E-state index contributed by atoms with van der Waals surface area (Å²) in [7, 11) is 0. The van der Waals surface area contributed by atoms with Gasteiger partial charge in [-0.05, 0) is 56.3 Å². The fourth-order valence-electron chi connectivity index (χ4n) is 3.58. The van der Waals surface area contributed by atoms with Gasteiger partial charge in [-0.2, -0.15) is 5.10 Å². The number of rotatable bonds is 7. The van der Waals surface area contributed by atoms with Gasteiger partial charge in [-0.3, -0.25) is 4.79 Å². The van der Waals surface area contributed by atoms with E-state index in [0.29, 0.717) is 24.8 Å². The average Bonchev–Trinajstić information content (AvgIpc) is 3.38. The van der Waals surface area contributed by atoms with Crippen molar-refractivity contribution < 1.29 is 13.9 Å². The van der Waals surface area contributed by atoms with Gasteiger partial charge in [0, 0.05) is 30.6 Å². The Morgan fingerprint density at radius 2 is 2.21 bits per heavy atom. The summed E-state index contributed by atoms with van der Waals surface area (Å²) in [5.41, 5.74) is 1.90. The first kappa shape index (κ1) is 19.3. The minimum absolute atomic E-state index is 0.237. The van der Waals surface area contributed by atoms with Crippen LogP contribution in [0.5, 0.6) is 5.75 Å². The highest BCUT2D eigenvalue weighted by Gasteiger charge is 2.23. The van der Waals surface area contributed by atoms with E-state index in [-0.39, 0.29) is 11.7 Å². The fourth-order valence-corrected chi connectivity index (χ4v) is 3.58. The van der Waals surface area contributed by atoms with E-state index in [0.717, 1.165) is 36.2 Å². The van der Waals surface area contributed by atoms with Gasteiger partial charge >= 0.3 is 0 Å². The molecule has 0 spiro atoms. The van der Waals surface area contributed by atoms with Crippen molar-refractivity contribution >= 4 is 16.9 Å². The molecule has 0 unspecified atom stereocenters. The first-order chi connectivity index (χ1) is 14.1. The number of pyridine rings is 1. The van der Waals surface area contributed by atoms with Crippen LogP contribution in [0.3, 0.4) is 0 Å². The van der Waals surface area contributed by atoms with E-state index in [1.807, 2.05) is 10.7 Å². The van der Waals surface area contributed by atoms with Crippen LogP contribution in [0, 0.1) is 5.82 Å². The van der Waals surface area contributed by atoms with E-state index >= 15 is 0 Å². The number of hydrogen-bond donors (Lipinski definition) is 2. The van der Waals surface area contributed by atoms with E-state index < -0.39 is 6.10 Å². The third kappa shape index (κ3) is 4.37. The number of carbonyl (C=O) groups is 1. The number of benzene rings is 1. The minimum atomic E-state index is -0.687. The fraction of sp³-hybridized carbons (Fsp3) is 0.381. The summed E-state index contributed by atoms with van der Waals surface area (Å²) in [5.74, 6) is 0.258. The van der Waals surface area contributed by atoms with Crippen LogP contribution in [0.1, 0.15) is 25.0 Å². The number of halogens is 1. The van der Waals surface area contributed by atoms with Crippen LogP contribution in [0.25, 0.3) is 11.0 Å². The standard InChI is InChI=1S/C21H24FN5O2/c1-14(29-17-6-4-16(22)5-7-17)21(28)25-11-12-27-20-18(3-2-9-24-20)19(26-27)15-8-10-23-13-15/h2-7,9,14-15,23H,8,10-13H2,1H3,(H,25,28)/t14-,15+/m1/s1. The first-order valence-corrected chi connectivity index (χ1v) is 9.84. The largest absolute Gasteiger partial charge is 0.481 e. The summed E-state index contributed by atoms with van der Waals surface area (Å²) in [4.78, 5) is 16.8. The van der Waals surface area contributed by atoms with Gasteiger partial charge in [0.2, 0.25) is 0 Å². The molecular formula is C21H24FN5O2. The van der Waals surface area contributed by atoms with Gasteiger partial charge < -0.3 is 15.4 Å². The molecule has 2 atom stereocenters. The zero-order chi connectivity index (χ0) is 20.2. The number of carbonyl (C=O) groups excluding carboxylic acids is 1. The van der Waals surface area contributed by atoms with Crippen LogP contribution in [-0.4, -0.2) is 46.4 Å². The van der Waals surface area contributed by atoms with Crippen LogP contribution in [0.15, 0.2) is 42.6 Å². The molecule has 3 aromatic rings. The molecule has 4 rings (SSSR count). The Bertz CT molecular complexity index is 982. The number of ether oxygens (including phenoxy) is 1. The molecular weight excluding hydrogens is 373 g/mol. The summed E-state index contributed by atoms with van der Waals surface area (Å²) in [6.07, 6.45) is 2.14. The molecule has 8 heteroatoms. The van der Waals surface area contributed by atoms with Crippen molar-refractivity contribution in [2.75, 3.05) is 19.6 Å². The molecule has 1 fully saturated rings. The predicted molar refractivity (Wildman–Crippen MR) is 107 cm³/mol. The number of aromatic nitrogens is 3. The van der Waals surface area contributed by atoms with Crippen molar-refractivity contribution in [1.29, 1.82) is 0 Å². The van der Waals surface area contributed by atoms with Crippen molar-refractivity contribution in [3.63, 3.8) is 0 Å². The Kier molecular flexibility index (Phi) is 5.71. The zero-order valence-corrected chi connectivity index (χ0v) is 16.3. The minimum Gasteiger partial charge on any atom is -0.481 e. The van der Waals surface area contributed by atoms with Crippen LogP contribution in [0.4, 0.5) is 4.39 Å². The topological polar surface area (TPSA) is 81.1 Å². The maximum absolute atomic E-state index is 13.0. The molecule has 2 aromatic heterocycles. The lowest BCUT2D eigenvalue weighted by atomic mass is 10.0. The Balaban J connectivity index is 1.37. The number of nitrogens with zero attached hydrogens (tertiary/aromatic N) is 3. The smallest absolute Gasteiger partial charge is 0.260 e. The Morgan fingerprint density at radius 1 is 1.38 bits per heavy atom. The van der Waals surface area contributed by atoms with E-state index in [2.05, 4.69) is 21.7 Å². The van der Waals surface area contributed by atoms with Crippen molar-refractivity contribution in [1.82, 2.24) is 25.4 Å². The molecule has 29 heavy (non-hydrogen) atoms. The number of amides is 1. The maximum atomic E-state index is 13.0. The van der Waals surface area contributed by atoms with Gasteiger partial charge in [0.1, 0.15) is 11.6 Å². The number of hydrogen-bond acceptors (Lipinski definition) is 5. The van der Waals surface area contributed by atoms with Crippen LogP contribution in [0.2, 0.25) is 0 Å². The van der Waals surface area contributed by atoms with Crippen LogP contribution < -0.4 is 15.4 Å². The molecule has 0 radical (unpaired) electrons. The Hall–Kier alpha value is -3.00. The lowest BCUT2D eigenvalue weighted by Crippen LogP contribution is -2.38. The third-order valence-electron chi connectivity index (χ3n) is 5.10. The van der Waals surface area contributed by atoms with Gasteiger partial charge in [0.25, 0.3) is 5.91 Å². The van der Waals surface area contributed by atoms with Crippen molar-refractivity contribution in [2.45, 2.75) is 31.9 Å². The molecule has 1 aliphatic heterocycles. The summed E-state index contributed by atoms with van der Waals surface area (Å²) in [6, 6.07) is 9.58. The molecule has 0 aliphatic carbocycles. The van der Waals surface area contributed by atoms with Gasteiger partial charge in [-0.15, -0.1) is 0 Å². The van der Waals surface area contributed by atoms with E-state index in [4.69, 9.17) is 9.84 Å². The summed E-state index contributed by atoms with van der Waals surface area (Å²) in [5, 5.41) is 12.1. The molecule has 7 nitrogen and oxygen atoms in total. The van der Waals surface area contributed by atoms with Crippen molar-refractivity contribution in [3.05, 3.63) is 54.1 Å². The zero-order valence-electron chi connectivity index (χ0n) is 16.3. The highest BCUT2D eigenvalue weighted by atomic mass is 19.1. The second-order valence-electron chi connectivity index (χ2n) is 7.18. The molecule has 1 aromatic carbocycles. The first-order valence-electron chi connectivity index (χ1n) is 9.84. The number of nitrogens with one attached hydrogen (secondary N) is 2. The quantitative estimate of drug-likeness (QED) is 0.639. The molecule has 1 saturated heterocycles. The van der Waals surface area contributed by atoms with Gasteiger partial charge in [-0.1, -0.05) is 0 Å². The predicted octanol–water partition coefficient (Wildman–Crippen LogP) is 2.23. The lowest BCUT2D eigenvalue weighted by molar-refractivity contribution is -0.127. The Morgan fingerprint density at radius 3 is 2.97 bits per heavy atom. The highest BCUT2D eigenvalue weighted by molar-refractivity contribution is 5.81. The van der Waals surface area contributed by atoms with E-state index in [1.165, 1.54) is 24.3 Å². The van der Waals surface area contributed by atoms with E-state index in [1.54, 1.807) is 13.1 Å². The normalized spacial score (nSPS) is 17.4. The Labute approximate surface area is 168 Å². The third-order valence-corrected chi connectivity index (χ3v) is 5.10. The molecule has 3 heterocycles. The average molecular weight is 397 g/mol. The van der Waals surface area contributed by atoms with Gasteiger partial charge in [-0.25, -0.2) is 14.1 Å². The van der Waals surface area contributed by atoms with Gasteiger partial charge in [0.15, 0.2) is 11.8 Å². The maximum Gasteiger partial charge on any atom is 0.260 e. The van der Waals surface area contributed by atoms with Crippen molar-refractivity contribution in [2.24, 2.45) is 0 Å². The number of fused-ring (bicyclic) bond motifs is 1. The molecule has 0 bridgehead atoms. The van der Waals surface area contributed by atoms with Crippen LogP contribution >= 0.6 is 0 Å². The molecule has 2 N–H and O–H groups in total. The van der Waals surface area contributed by atoms with Crippen LogP contribution in [-0.2, 0) is 11.3 Å². The summed E-state index contributed by atoms with van der Waals surface area (Å²) in [6.45, 7) is 4.51. The molecule has 1 amide bonds. The van der Waals surface area contributed by atoms with Crippen molar-refractivity contribution in [3.8, 4) is 5.75 Å². The lowest BCUT2D eigenvalue weighted by Gasteiger charge is -2.14. The molecule has 152 valence electrons. The second-order valence-corrected chi connectivity index (χ2v) is 7.18. The molecule has 0 saturated carbocycles.